The molecular formula is C25H32N4O2. The van der Waals surface area contributed by atoms with Crippen LogP contribution in [-0.2, 0) is 22.4 Å². The number of likely N-dealkylation sites (tertiary alicyclic amines) is 1. The summed E-state index contributed by atoms with van der Waals surface area (Å²) in [6, 6.07) is 10.2. The molecule has 2 amide bonds. The third kappa shape index (κ3) is 4.48. The van der Waals surface area contributed by atoms with Gasteiger partial charge in [0.15, 0.2) is 0 Å². The fourth-order valence-electron chi connectivity index (χ4n) is 4.53. The lowest BCUT2D eigenvalue weighted by Crippen LogP contribution is -2.39. The summed E-state index contributed by atoms with van der Waals surface area (Å²) in [7, 11) is 0. The summed E-state index contributed by atoms with van der Waals surface area (Å²) in [5, 5.41) is 0. The zero-order chi connectivity index (χ0) is 22.2. The van der Waals surface area contributed by atoms with E-state index in [1.54, 1.807) is 0 Å². The van der Waals surface area contributed by atoms with E-state index in [2.05, 4.69) is 12.1 Å². The van der Waals surface area contributed by atoms with Crippen molar-refractivity contribution in [1.82, 2.24) is 14.9 Å². The van der Waals surface area contributed by atoms with Crippen molar-refractivity contribution in [3.63, 3.8) is 0 Å². The van der Waals surface area contributed by atoms with Gasteiger partial charge in [-0.3, -0.25) is 14.5 Å². The minimum Gasteiger partial charge on any atom is -0.341 e. The number of carbonyl (C=O) groups excluding carboxylic acids is 2. The molecular weight excluding hydrogens is 388 g/mol. The molecule has 1 fully saturated rings. The molecule has 0 unspecified atom stereocenters. The van der Waals surface area contributed by atoms with Gasteiger partial charge in [0.05, 0.1) is 0 Å². The molecule has 0 aliphatic carbocycles. The maximum atomic E-state index is 12.8. The summed E-state index contributed by atoms with van der Waals surface area (Å²) in [6.45, 7) is 9.88. The van der Waals surface area contributed by atoms with Gasteiger partial charge in [-0.25, -0.2) is 9.97 Å². The molecule has 2 aliphatic heterocycles. The first kappa shape index (κ1) is 21.5. The molecule has 1 aromatic carbocycles. The van der Waals surface area contributed by atoms with Gasteiger partial charge in [0.1, 0.15) is 11.6 Å². The second-order valence-corrected chi connectivity index (χ2v) is 9.74. The van der Waals surface area contributed by atoms with Crippen molar-refractivity contribution in [1.29, 1.82) is 0 Å². The maximum absolute atomic E-state index is 12.8. The van der Waals surface area contributed by atoms with Gasteiger partial charge in [0, 0.05) is 48.6 Å². The number of hydrogen-bond donors (Lipinski definition) is 0. The van der Waals surface area contributed by atoms with E-state index >= 15 is 0 Å². The van der Waals surface area contributed by atoms with E-state index in [9.17, 15) is 9.59 Å². The first-order valence-corrected chi connectivity index (χ1v) is 11.2. The standard InChI is InChI=1S/C25H32N4O2/c1-17-20-10-11-21(30)29(15-12-18-8-6-5-7-9-18)23(20)27-22(26-17)19-13-14-28(16-19)24(31)25(2,3)4/h5-9,19H,10-16H2,1-4H3/t19-/m0/s1. The minimum absolute atomic E-state index is 0.114. The van der Waals surface area contributed by atoms with Gasteiger partial charge in [0.2, 0.25) is 11.8 Å². The van der Waals surface area contributed by atoms with Crippen LogP contribution >= 0.6 is 0 Å². The number of benzene rings is 1. The Kier molecular flexibility index (Phi) is 5.82. The molecule has 6 heteroatoms. The highest BCUT2D eigenvalue weighted by molar-refractivity contribution is 5.95. The first-order chi connectivity index (χ1) is 14.7. The summed E-state index contributed by atoms with van der Waals surface area (Å²) >= 11 is 0. The van der Waals surface area contributed by atoms with Crippen LogP contribution < -0.4 is 4.90 Å². The molecule has 31 heavy (non-hydrogen) atoms. The van der Waals surface area contributed by atoms with Crippen LogP contribution in [0, 0.1) is 12.3 Å². The number of rotatable bonds is 4. The topological polar surface area (TPSA) is 66.4 Å². The van der Waals surface area contributed by atoms with E-state index in [0.717, 1.165) is 42.3 Å². The Morgan fingerprint density at radius 3 is 2.58 bits per heavy atom. The van der Waals surface area contributed by atoms with Crippen molar-refractivity contribution >= 4 is 17.6 Å². The van der Waals surface area contributed by atoms with Gasteiger partial charge in [-0.2, -0.15) is 0 Å². The lowest BCUT2D eigenvalue weighted by atomic mass is 9.95. The minimum atomic E-state index is -0.387. The largest absolute Gasteiger partial charge is 0.341 e. The third-order valence-electron chi connectivity index (χ3n) is 6.30. The van der Waals surface area contributed by atoms with Crippen molar-refractivity contribution in [2.45, 2.75) is 59.3 Å². The molecule has 4 rings (SSSR count). The van der Waals surface area contributed by atoms with Crippen LogP contribution in [0.1, 0.15) is 62.2 Å². The summed E-state index contributed by atoms with van der Waals surface area (Å²) in [5.41, 5.74) is 2.86. The maximum Gasteiger partial charge on any atom is 0.228 e. The van der Waals surface area contributed by atoms with Crippen LogP contribution in [0.15, 0.2) is 30.3 Å². The van der Waals surface area contributed by atoms with E-state index < -0.39 is 0 Å². The molecule has 0 N–H and O–H groups in total. The summed E-state index contributed by atoms with van der Waals surface area (Å²) in [5.74, 6) is 1.95. The average Bonchev–Trinajstić information content (AvgIpc) is 3.22. The molecule has 2 aliphatic rings. The number of amides is 2. The highest BCUT2D eigenvalue weighted by Gasteiger charge is 2.36. The molecule has 1 saturated heterocycles. The zero-order valence-electron chi connectivity index (χ0n) is 19.0. The average molecular weight is 421 g/mol. The van der Waals surface area contributed by atoms with Crippen LogP contribution in [0.25, 0.3) is 0 Å². The van der Waals surface area contributed by atoms with Crippen LogP contribution in [0.5, 0.6) is 0 Å². The van der Waals surface area contributed by atoms with Gasteiger partial charge in [0.25, 0.3) is 0 Å². The number of carbonyl (C=O) groups is 2. The molecule has 6 nitrogen and oxygen atoms in total. The zero-order valence-corrected chi connectivity index (χ0v) is 19.0. The van der Waals surface area contributed by atoms with Gasteiger partial charge in [-0.1, -0.05) is 51.1 Å². The third-order valence-corrected chi connectivity index (χ3v) is 6.30. The van der Waals surface area contributed by atoms with Gasteiger partial charge in [-0.15, -0.1) is 0 Å². The number of aromatic nitrogens is 2. The molecule has 0 spiro atoms. The molecule has 0 bridgehead atoms. The second-order valence-electron chi connectivity index (χ2n) is 9.74. The Morgan fingerprint density at radius 1 is 1.13 bits per heavy atom. The SMILES string of the molecule is Cc1nc([C@H]2CCN(C(=O)C(C)(C)C)C2)nc2c1CCC(=O)N2CCc1ccccc1. The Hall–Kier alpha value is -2.76. The number of anilines is 1. The molecule has 0 radical (unpaired) electrons. The van der Waals surface area contributed by atoms with Crippen molar-refractivity contribution in [3.8, 4) is 0 Å². The quantitative estimate of drug-likeness (QED) is 0.757. The number of aryl methyl sites for hydroxylation is 1. The van der Waals surface area contributed by atoms with E-state index in [4.69, 9.17) is 9.97 Å². The Bertz CT molecular complexity index is 981. The summed E-state index contributed by atoms with van der Waals surface area (Å²) < 4.78 is 0. The highest BCUT2D eigenvalue weighted by atomic mass is 16.2. The smallest absolute Gasteiger partial charge is 0.228 e. The second kappa shape index (κ2) is 8.40. The molecule has 1 aromatic heterocycles. The monoisotopic (exact) mass is 420 g/mol. The van der Waals surface area contributed by atoms with Crippen molar-refractivity contribution < 1.29 is 9.59 Å². The van der Waals surface area contributed by atoms with Gasteiger partial charge in [-0.05, 0) is 31.7 Å². The first-order valence-electron chi connectivity index (χ1n) is 11.2. The molecule has 164 valence electrons. The van der Waals surface area contributed by atoms with Gasteiger partial charge < -0.3 is 4.90 Å². The van der Waals surface area contributed by atoms with Crippen molar-refractivity contribution in [3.05, 3.63) is 53.0 Å². The predicted octanol–water partition coefficient (Wildman–Crippen LogP) is 3.67. The van der Waals surface area contributed by atoms with E-state index in [1.165, 1.54) is 5.56 Å². The highest BCUT2D eigenvalue weighted by Crippen LogP contribution is 2.33. The number of nitrogens with zero attached hydrogens (tertiary/aromatic N) is 4. The predicted molar refractivity (Wildman–Crippen MR) is 121 cm³/mol. The molecule has 3 heterocycles. The lowest BCUT2D eigenvalue weighted by molar-refractivity contribution is -0.138. The number of fused-ring (bicyclic) bond motifs is 1. The summed E-state index contributed by atoms with van der Waals surface area (Å²) in [6.07, 6.45) is 2.85. The Balaban J connectivity index is 1.57. The van der Waals surface area contributed by atoms with Crippen molar-refractivity contribution in [2.75, 3.05) is 24.5 Å². The van der Waals surface area contributed by atoms with Crippen LogP contribution in [0.3, 0.4) is 0 Å². The van der Waals surface area contributed by atoms with Crippen LogP contribution in [-0.4, -0.2) is 46.3 Å². The lowest BCUT2D eigenvalue weighted by Gasteiger charge is -2.30. The fourth-order valence-corrected chi connectivity index (χ4v) is 4.53. The van der Waals surface area contributed by atoms with Crippen LogP contribution in [0.2, 0.25) is 0 Å². The number of hydrogen-bond acceptors (Lipinski definition) is 4. The molecule has 0 saturated carbocycles. The Labute approximate surface area is 184 Å². The van der Waals surface area contributed by atoms with Crippen molar-refractivity contribution in [2.24, 2.45) is 5.41 Å². The van der Waals surface area contributed by atoms with E-state index in [-0.39, 0.29) is 23.1 Å². The fraction of sp³-hybridized carbons (Fsp3) is 0.520. The summed E-state index contributed by atoms with van der Waals surface area (Å²) in [4.78, 5) is 39.0. The Morgan fingerprint density at radius 2 is 1.87 bits per heavy atom. The molecule has 2 aromatic rings. The van der Waals surface area contributed by atoms with E-state index in [0.29, 0.717) is 25.9 Å². The van der Waals surface area contributed by atoms with Gasteiger partial charge >= 0.3 is 0 Å². The van der Waals surface area contributed by atoms with Crippen LogP contribution in [0.4, 0.5) is 5.82 Å². The normalized spacial score (nSPS) is 19.0. The molecule has 1 atom stereocenters. The van der Waals surface area contributed by atoms with E-state index in [1.807, 2.05) is 55.7 Å².